The molecule has 5 rings (SSSR count). The third-order valence-electron chi connectivity index (χ3n) is 6.68. The third kappa shape index (κ3) is 4.99. The molecule has 1 amide bonds. The number of aromatic nitrogens is 4. The minimum atomic E-state index is -0.427. The molecule has 3 aromatic heterocycles. The van der Waals surface area contributed by atoms with Gasteiger partial charge in [0.2, 0.25) is 11.9 Å². The van der Waals surface area contributed by atoms with Crippen LogP contribution in [0.5, 0.6) is 0 Å². The van der Waals surface area contributed by atoms with Crippen LogP contribution in [0.1, 0.15) is 10.4 Å². The number of ether oxygens (including phenoxy) is 1. The molecule has 0 radical (unpaired) electrons. The van der Waals surface area contributed by atoms with Crippen molar-refractivity contribution in [3.05, 3.63) is 22.8 Å². The highest BCUT2D eigenvalue weighted by Crippen LogP contribution is 2.38. The van der Waals surface area contributed by atoms with Gasteiger partial charge < -0.3 is 24.5 Å². The molecule has 3 aromatic rings. The van der Waals surface area contributed by atoms with Gasteiger partial charge >= 0.3 is 0 Å². The first-order valence-corrected chi connectivity index (χ1v) is 13.0. The Morgan fingerprint density at radius 3 is 2.42 bits per heavy atom. The van der Waals surface area contributed by atoms with Gasteiger partial charge in [-0.1, -0.05) is 0 Å². The van der Waals surface area contributed by atoms with Crippen LogP contribution in [-0.4, -0.2) is 114 Å². The second-order valence-corrected chi connectivity index (χ2v) is 10.4. The summed E-state index contributed by atoms with van der Waals surface area (Å²) in [5.41, 5.74) is 2.91. The van der Waals surface area contributed by atoms with Gasteiger partial charge in [0.05, 0.1) is 29.0 Å². The quantitative estimate of drug-likeness (QED) is 0.513. The van der Waals surface area contributed by atoms with Crippen LogP contribution >= 0.6 is 11.3 Å². The Labute approximate surface area is 214 Å². The molecule has 36 heavy (non-hydrogen) atoms. The summed E-state index contributed by atoms with van der Waals surface area (Å²) in [6.07, 6.45) is 3.56. The van der Waals surface area contributed by atoms with Gasteiger partial charge in [0, 0.05) is 77.2 Å². The monoisotopic (exact) mass is 512 g/mol. The number of hydrogen-bond donors (Lipinski definition) is 1. The molecule has 0 atom stereocenters. The van der Waals surface area contributed by atoms with E-state index in [1.54, 1.807) is 28.6 Å². The van der Waals surface area contributed by atoms with E-state index in [9.17, 15) is 4.79 Å². The van der Waals surface area contributed by atoms with Crippen LogP contribution in [-0.2, 0) is 16.1 Å². The van der Waals surface area contributed by atoms with Crippen molar-refractivity contribution in [2.24, 2.45) is 0 Å². The largest absolute Gasteiger partial charge is 0.387 e. The van der Waals surface area contributed by atoms with Crippen molar-refractivity contribution in [3.8, 4) is 11.4 Å². The molecule has 0 bridgehead atoms. The zero-order chi connectivity index (χ0) is 25.2. The minimum absolute atomic E-state index is 0.201. The topological polar surface area (TPSA) is 111 Å². The van der Waals surface area contributed by atoms with Crippen LogP contribution in [0.25, 0.3) is 21.6 Å². The Balaban J connectivity index is 1.47. The highest BCUT2D eigenvalue weighted by Gasteiger charge is 2.25. The van der Waals surface area contributed by atoms with Crippen LogP contribution < -0.4 is 9.80 Å². The van der Waals surface area contributed by atoms with Crippen molar-refractivity contribution in [1.82, 2.24) is 29.7 Å². The fourth-order valence-electron chi connectivity index (χ4n) is 4.51. The predicted octanol–water partition coefficient (Wildman–Crippen LogP) is 0.996. The summed E-state index contributed by atoms with van der Waals surface area (Å²) in [7, 11) is 3.82. The number of morpholine rings is 1. The Hall–Kier alpha value is -2.93. The number of hydrogen-bond acceptors (Lipinski definition) is 11. The molecular formula is C24H32N8O3S. The summed E-state index contributed by atoms with van der Waals surface area (Å²) in [5, 5.41) is 9.14. The average molecular weight is 513 g/mol. The standard InChI is InChI=1S/C24H32N8O3S/c1-16-18(14-30-4-6-31(7-5-30)19(34)15-33)36-21-20(16)27-22(17-12-25-24(26-13-17)29(2)3)28-23(21)32-8-10-35-11-9-32/h12-13,33H,4-11,14-15H2,1-3H3. The number of amides is 1. The Bertz CT molecular complexity index is 1220. The lowest BCUT2D eigenvalue weighted by Gasteiger charge is -2.34. The normalized spacial score (nSPS) is 17.1. The fourth-order valence-corrected chi connectivity index (χ4v) is 5.82. The second-order valence-electron chi connectivity index (χ2n) is 9.28. The maximum Gasteiger partial charge on any atom is 0.248 e. The highest BCUT2D eigenvalue weighted by molar-refractivity contribution is 7.19. The Morgan fingerprint density at radius 2 is 1.78 bits per heavy atom. The zero-order valence-corrected chi connectivity index (χ0v) is 21.8. The summed E-state index contributed by atoms with van der Waals surface area (Å²) >= 11 is 1.75. The van der Waals surface area contributed by atoms with E-state index in [1.807, 2.05) is 19.0 Å². The number of fused-ring (bicyclic) bond motifs is 1. The summed E-state index contributed by atoms with van der Waals surface area (Å²) in [6, 6.07) is 0. The molecule has 0 spiro atoms. The highest BCUT2D eigenvalue weighted by atomic mass is 32.1. The maximum atomic E-state index is 11.8. The van der Waals surface area contributed by atoms with Gasteiger partial charge in [-0.3, -0.25) is 9.69 Å². The molecule has 0 saturated carbocycles. The van der Waals surface area contributed by atoms with E-state index < -0.39 is 6.61 Å². The van der Waals surface area contributed by atoms with E-state index in [2.05, 4.69) is 26.7 Å². The minimum Gasteiger partial charge on any atom is -0.387 e. The SMILES string of the molecule is Cc1c(CN2CCN(C(=O)CO)CC2)sc2c(N3CCOCC3)nc(-c3cnc(N(C)C)nc3)nc12. The molecule has 192 valence electrons. The van der Waals surface area contributed by atoms with Gasteiger partial charge in [-0.2, -0.15) is 0 Å². The van der Waals surface area contributed by atoms with Crippen LogP contribution in [0.3, 0.4) is 0 Å². The summed E-state index contributed by atoms with van der Waals surface area (Å²) in [5.74, 6) is 2.00. The smallest absolute Gasteiger partial charge is 0.248 e. The number of rotatable bonds is 6. The van der Waals surface area contributed by atoms with Crippen LogP contribution in [0.4, 0.5) is 11.8 Å². The van der Waals surface area contributed by atoms with Gasteiger partial charge in [0.1, 0.15) is 6.61 Å². The molecule has 0 aliphatic carbocycles. The lowest BCUT2D eigenvalue weighted by atomic mass is 10.2. The predicted molar refractivity (Wildman–Crippen MR) is 139 cm³/mol. The number of aryl methyl sites for hydroxylation is 1. The van der Waals surface area contributed by atoms with E-state index >= 15 is 0 Å². The van der Waals surface area contributed by atoms with E-state index in [1.165, 1.54) is 4.88 Å². The maximum absolute atomic E-state index is 11.8. The molecular weight excluding hydrogens is 480 g/mol. The van der Waals surface area contributed by atoms with Crippen LogP contribution in [0, 0.1) is 6.92 Å². The van der Waals surface area contributed by atoms with Crippen LogP contribution in [0.2, 0.25) is 0 Å². The first-order chi connectivity index (χ1) is 17.4. The first-order valence-electron chi connectivity index (χ1n) is 12.2. The van der Waals surface area contributed by atoms with Gasteiger partial charge in [-0.05, 0) is 12.5 Å². The number of carbonyl (C=O) groups excluding carboxylic acids is 1. The van der Waals surface area contributed by atoms with Crippen molar-refractivity contribution >= 4 is 39.2 Å². The van der Waals surface area contributed by atoms with Crippen molar-refractivity contribution in [3.63, 3.8) is 0 Å². The van der Waals surface area contributed by atoms with Gasteiger partial charge in [0.25, 0.3) is 0 Å². The third-order valence-corrected chi connectivity index (χ3v) is 7.94. The molecule has 2 saturated heterocycles. The lowest BCUT2D eigenvalue weighted by molar-refractivity contribution is -0.135. The fraction of sp³-hybridized carbons (Fsp3) is 0.542. The molecule has 11 nitrogen and oxygen atoms in total. The molecule has 1 N–H and O–H groups in total. The lowest BCUT2D eigenvalue weighted by Crippen LogP contribution is -2.49. The number of aliphatic hydroxyl groups is 1. The van der Waals surface area contributed by atoms with E-state index in [-0.39, 0.29) is 5.91 Å². The number of carbonyl (C=O) groups is 1. The molecule has 0 aromatic carbocycles. The summed E-state index contributed by atoms with van der Waals surface area (Å²) in [4.78, 5) is 40.2. The van der Waals surface area contributed by atoms with Crippen molar-refractivity contribution < 1.29 is 14.6 Å². The number of aliphatic hydroxyl groups excluding tert-OH is 1. The van der Waals surface area contributed by atoms with Crippen LogP contribution in [0.15, 0.2) is 12.4 Å². The molecule has 0 unspecified atom stereocenters. The Morgan fingerprint density at radius 1 is 1.08 bits per heavy atom. The van der Waals surface area contributed by atoms with Crippen molar-refractivity contribution in [2.75, 3.05) is 83.0 Å². The van der Waals surface area contributed by atoms with Gasteiger partial charge in [-0.25, -0.2) is 19.9 Å². The second kappa shape index (κ2) is 10.6. The van der Waals surface area contributed by atoms with Crippen molar-refractivity contribution in [2.45, 2.75) is 13.5 Å². The van der Waals surface area contributed by atoms with E-state index in [4.69, 9.17) is 19.8 Å². The number of nitrogens with zero attached hydrogens (tertiary/aromatic N) is 8. The zero-order valence-electron chi connectivity index (χ0n) is 21.0. The molecule has 12 heteroatoms. The van der Waals surface area contributed by atoms with Gasteiger partial charge in [0.15, 0.2) is 11.6 Å². The van der Waals surface area contributed by atoms with Gasteiger partial charge in [-0.15, -0.1) is 11.3 Å². The van der Waals surface area contributed by atoms with E-state index in [0.29, 0.717) is 38.1 Å². The van der Waals surface area contributed by atoms with Crippen molar-refractivity contribution in [1.29, 1.82) is 0 Å². The first kappa shape index (κ1) is 24.8. The number of anilines is 2. The summed E-state index contributed by atoms with van der Waals surface area (Å²) in [6.45, 7) is 8.25. The number of piperazine rings is 1. The molecule has 2 aliphatic rings. The number of thiophene rings is 1. The molecule has 5 heterocycles. The molecule has 2 fully saturated rings. The Kier molecular flexibility index (Phi) is 7.28. The van der Waals surface area contributed by atoms with E-state index in [0.717, 1.165) is 59.9 Å². The average Bonchev–Trinajstić information content (AvgIpc) is 3.23. The summed E-state index contributed by atoms with van der Waals surface area (Å²) < 4.78 is 6.68. The molecule has 2 aliphatic heterocycles.